The zero-order chi connectivity index (χ0) is 12.9. The Morgan fingerprint density at radius 2 is 1.82 bits per heavy atom. The molecule has 0 unspecified atom stereocenters. The zero-order valence-electron chi connectivity index (χ0n) is 9.47. The van der Waals surface area contributed by atoms with Gasteiger partial charge in [-0.25, -0.2) is 0 Å². The first-order valence-electron chi connectivity index (χ1n) is 5.32. The Labute approximate surface area is 97.8 Å². The highest BCUT2D eigenvalue weighted by Crippen LogP contribution is 2.29. The summed E-state index contributed by atoms with van der Waals surface area (Å²) in [6, 6.07) is 4.67. The highest BCUT2D eigenvalue weighted by atomic mass is 19.4. The van der Waals surface area contributed by atoms with Gasteiger partial charge in [0, 0.05) is 6.42 Å². The molecule has 1 aromatic carbocycles. The van der Waals surface area contributed by atoms with Crippen molar-refractivity contribution in [3.05, 3.63) is 35.4 Å². The molecule has 0 spiro atoms. The first kappa shape index (κ1) is 13.7. The quantitative estimate of drug-likeness (QED) is 0.863. The maximum atomic E-state index is 12.3. The van der Waals surface area contributed by atoms with E-state index >= 15 is 0 Å². The lowest BCUT2D eigenvalue weighted by Gasteiger charge is -2.07. The molecule has 1 N–H and O–H groups in total. The van der Waals surface area contributed by atoms with Crippen molar-refractivity contribution < 1.29 is 18.0 Å². The van der Waals surface area contributed by atoms with Gasteiger partial charge in [0.25, 0.3) is 0 Å². The van der Waals surface area contributed by atoms with E-state index < -0.39 is 11.7 Å². The molecule has 0 fully saturated rings. The Balaban J connectivity index is 2.60. The minimum absolute atomic E-state index is 0.0355. The van der Waals surface area contributed by atoms with Crippen molar-refractivity contribution >= 4 is 5.78 Å². The van der Waals surface area contributed by atoms with Gasteiger partial charge in [0.2, 0.25) is 0 Å². The molecule has 0 aliphatic carbocycles. The maximum absolute atomic E-state index is 12.3. The highest BCUT2D eigenvalue weighted by Gasteiger charge is 2.29. The summed E-state index contributed by atoms with van der Waals surface area (Å²) in [4.78, 5) is 11.4. The third kappa shape index (κ3) is 4.56. The number of nitrogens with one attached hydrogen (secondary N) is 1. The largest absolute Gasteiger partial charge is 0.416 e. The molecule has 0 amide bonds. The van der Waals surface area contributed by atoms with E-state index in [9.17, 15) is 18.0 Å². The van der Waals surface area contributed by atoms with Crippen LogP contribution < -0.4 is 5.32 Å². The summed E-state index contributed by atoms with van der Waals surface area (Å²) in [6.45, 7) is 2.82. The molecule has 0 saturated carbocycles. The molecular weight excluding hydrogens is 231 g/mol. The fourth-order valence-electron chi connectivity index (χ4n) is 1.37. The van der Waals surface area contributed by atoms with Crippen molar-refractivity contribution in [1.29, 1.82) is 0 Å². The fraction of sp³-hybridized carbons (Fsp3) is 0.417. The standard InChI is InChI=1S/C12H14F3NO/c1-2-16-8-11(17)7-9-3-5-10(6-4-9)12(13,14)15/h3-6,16H,2,7-8H2,1H3. The molecule has 0 atom stereocenters. The van der Waals surface area contributed by atoms with Crippen LogP contribution in [-0.2, 0) is 17.4 Å². The van der Waals surface area contributed by atoms with Gasteiger partial charge >= 0.3 is 6.18 Å². The number of carbonyl (C=O) groups is 1. The Kier molecular flexibility index (Phi) is 4.69. The minimum atomic E-state index is -4.33. The average Bonchev–Trinajstić information content (AvgIpc) is 2.26. The highest BCUT2D eigenvalue weighted by molar-refractivity contribution is 5.82. The van der Waals surface area contributed by atoms with Crippen molar-refractivity contribution in [3.8, 4) is 0 Å². The topological polar surface area (TPSA) is 29.1 Å². The van der Waals surface area contributed by atoms with Crippen LogP contribution in [0.1, 0.15) is 18.1 Å². The lowest BCUT2D eigenvalue weighted by Crippen LogP contribution is -2.23. The number of Topliss-reactive ketones (excluding diaryl/α,β-unsaturated/α-hetero) is 1. The first-order valence-corrected chi connectivity index (χ1v) is 5.32. The normalized spacial score (nSPS) is 11.5. The molecule has 1 aromatic rings. The van der Waals surface area contributed by atoms with E-state index in [1.54, 1.807) is 0 Å². The Morgan fingerprint density at radius 3 is 2.29 bits per heavy atom. The predicted octanol–water partition coefficient (Wildman–Crippen LogP) is 2.43. The van der Waals surface area contributed by atoms with Crippen molar-refractivity contribution in [3.63, 3.8) is 0 Å². The van der Waals surface area contributed by atoms with Gasteiger partial charge in [-0.05, 0) is 24.2 Å². The van der Waals surface area contributed by atoms with Gasteiger partial charge in [0.15, 0.2) is 5.78 Å². The summed E-state index contributed by atoms with van der Waals surface area (Å²) in [6.07, 6.45) is -4.17. The van der Waals surface area contributed by atoms with Crippen molar-refractivity contribution in [2.24, 2.45) is 0 Å². The van der Waals surface area contributed by atoms with E-state index in [1.165, 1.54) is 12.1 Å². The molecule has 1 rings (SSSR count). The smallest absolute Gasteiger partial charge is 0.310 e. The lowest BCUT2D eigenvalue weighted by atomic mass is 10.1. The molecule has 2 nitrogen and oxygen atoms in total. The molecule has 5 heteroatoms. The Hall–Kier alpha value is -1.36. The van der Waals surface area contributed by atoms with Crippen LogP contribution in [0.3, 0.4) is 0 Å². The third-order valence-electron chi connectivity index (χ3n) is 2.25. The van der Waals surface area contributed by atoms with Gasteiger partial charge in [-0.2, -0.15) is 13.2 Å². The molecule has 0 aromatic heterocycles. The van der Waals surface area contributed by atoms with Crippen molar-refractivity contribution in [2.75, 3.05) is 13.1 Å². The average molecular weight is 245 g/mol. The fourth-order valence-corrected chi connectivity index (χ4v) is 1.37. The molecule has 0 saturated heterocycles. The summed E-state index contributed by atoms with van der Waals surface area (Å²) in [5.74, 6) is -0.0355. The van der Waals surface area contributed by atoms with Gasteiger partial charge in [-0.15, -0.1) is 0 Å². The van der Waals surface area contributed by atoms with Crippen molar-refractivity contribution in [1.82, 2.24) is 5.32 Å². The number of alkyl halides is 3. The molecule has 94 valence electrons. The number of ketones is 1. The summed E-state index contributed by atoms with van der Waals surface area (Å²) < 4.78 is 36.8. The van der Waals surface area contributed by atoms with E-state index in [4.69, 9.17) is 0 Å². The Bertz CT molecular complexity index is 370. The molecule has 0 aliphatic heterocycles. The van der Waals surface area contributed by atoms with Crippen LogP contribution in [0.5, 0.6) is 0 Å². The molecule has 0 bridgehead atoms. The third-order valence-corrected chi connectivity index (χ3v) is 2.25. The van der Waals surface area contributed by atoms with Crippen LogP contribution in [0, 0.1) is 0 Å². The summed E-state index contributed by atoms with van der Waals surface area (Å²) in [5, 5.41) is 2.87. The number of hydrogen-bond donors (Lipinski definition) is 1. The Morgan fingerprint density at radius 1 is 1.24 bits per heavy atom. The molecule has 17 heavy (non-hydrogen) atoms. The monoisotopic (exact) mass is 245 g/mol. The van der Waals surface area contributed by atoms with Crippen LogP contribution in [0.15, 0.2) is 24.3 Å². The van der Waals surface area contributed by atoms with E-state index in [0.29, 0.717) is 12.1 Å². The van der Waals surface area contributed by atoms with Crippen molar-refractivity contribution in [2.45, 2.75) is 19.5 Å². The molecule has 0 heterocycles. The van der Waals surface area contributed by atoms with Gasteiger partial charge in [0.05, 0.1) is 12.1 Å². The summed E-state index contributed by atoms with van der Waals surface area (Å²) in [7, 11) is 0. The van der Waals surface area contributed by atoms with Crippen LogP contribution in [-0.4, -0.2) is 18.9 Å². The number of halogens is 3. The number of likely N-dealkylation sites (N-methyl/N-ethyl adjacent to an activating group) is 1. The minimum Gasteiger partial charge on any atom is -0.310 e. The van der Waals surface area contributed by atoms with Gasteiger partial charge in [0.1, 0.15) is 0 Å². The van der Waals surface area contributed by atoms with Gasteiger partial charge in [-0.3, -0.25) is 4.79 Å². The lowest BCUT2D eigenvalue weighted by molar-refractivity contribution is -0.137. The maximum Gasteiger partial charge on any atom is 0.416 e. The van der Waals surface area contributed by atoms with E-state index in [1.807, 2.05) is 6.92 Å². The predicted molar refractivity (Wildman–Crippen MR) is 58.7 cm³/mol. The second kappa shape index (κ2) is 5.82. The SMILES string of the molecule is CCNCC(=O)Cc1ccc(C(F)(F)F)cc1. The summed E-state index contributed by atoms with van der Waals surface area (Å²) >= 11 is 0. The number of carbonyl (C=O) groups excluding carboxylic acids is 1. The van der Waals surface area contributed by atoms with Crippen LogP contribution in [0.4, 0.5) is 13.2 Å². The van der Waals surface area contributed by atoms with E-state index in [0.717, 1.165) is 12.1 Å². The summed E-state index contributed by atoms with van der Waals surface area (Å²) in [5.41, 5.74) is -0.0960. The van der Waals surface area contributed by atoms with E-state index in [-0.39, 0.29) is 18.7 Å². The van der Waals surface area contributed by atoms with Crippen LogP contribution in [0.25, 0.3) is 0 Å². The molecular formula is C12H14F3NO. The first-order chi connectivity index (χ1) is 7.93. The van der Waals surface area contributed by atoms with Crippen LogP contribution in [0.2, 0.25) is 0 Å². The second-order valence-electron chi connectivity index (χ2n) is 3.69. The number of hydrogen-bond acceptors (Lipinski definition) is 2. The van der Waals surface area contributed by atoms with Crippen LogP contribution >= 0.6 is 0 Å². The zero-order valence-corrected chi connectivity index (χ0v) is 9.47. The number of benzene rings is 1. The molecule has 0 aliphatic rings. The molecule has 0 radical (unpaired) electrons. The van der Waals surface area contributed by atoms with Gasteiger partial charge < -0.3 is 5.32 Å². The second-order valence-corrected chi connectivity index (χ2v) is 3.69. The van der Waals surface area contributed by atoms with E-state index in [2.05, 4.69) is 5.32 Å². The number of rotatable bonds is 5. The van der Waals surface area contributed by atoms with Gasteiger partial charge in [-0.1, -0.05) is 19.1 Å².